The van der Waals surface area contributed by atoms with Crippen molar-refractivity contribution in [2.24, 2.45) is 0 Å². The van der Waals surface area contributed by atoms with Gasteiger partial charge in [0.2, 0.25) is 0 Å². The largest absolute Gasteiger partial charge is 0.299 e. The second-order valence-corrected chi connectivity index (χ2v) is 5.72. The summed E-state index contributed by atoms with van der Waals surface area (Å²) < 4.78 is 0. The highest BCUT2D eigenvalue weighted by molar-refractivity contribution is 5.77. The predicted molar refractivity (Wildman–Crippen MR) is 98.3 cm³/mol. The van der Waals surface area contributed by atoms with Gasteiger partial charge in [-0.15, -0.1) is 0 Å². The molecule has 3 rings (SSSR count). The van der Waals surface area contributed by atoms with Gasteiger partial charge < -0.3 is 0 Å². The molecule has 0 radical (unpaired) electrons. The molecule has 0 aliphatic carbocycles. The van der Waals surface area contributed by atoms with Gasteiger partial charge in [-0.1, -0.05) is 66.6 Å². The molecule has 0 saturated carbocycles. The van der Waals surface area contributed by atoms with E-state index in [-0.39, 0.29) is 0 Å². The fourth-order valence-corrected chi connectivity index (χ4v) is 2.34. The summed E-state index contributed by atoms with van der Waals surface area (Å²) in [5.74, 6) is 6.21. The molecule has 0 atom stereocenters. The zero-order valence-electron chi connectivity index (χ0n) is 13.9. The smallest absolute Gasteiger partial charge is 0.132 e. The molecule has 3 heteroatoms. The quantitative estimate of drug-likeness (QED) is 0.690. The molecule has 3 nitrogen and oxygen atoms in total. The van der Waals surface area contributed by atoms with E-state index in [0.29, 0.717) is 12.2 Å². The molecule has 0 amide bonds. The van der Waals surface area contributed by atoms with Crippen LogP contribution in [0.2, 0.25) is 0 Å². The van der Waals surface area contributed by atoms with Crippen molar-refractivity contribution in [3.8, 4) is 34.4 Å². The van der Waals surface area contributed by atoms with Gasteiger partial charge in [0.05, 0.1) is 24.1 Å². The van der Waals surface area contributed by atoms with Crippen LogP contribution in [0.1, 0.15) is 5.69 Å². The van der Waals surface area contributed by atoms with Crippen LogP contribution in [0.5, 0.6) is 0 Å². The van der Waals surface area contributed by atoms with E-state index >= 15 is 0 Å². The van der Waals surface area contributed by atoms with Gasteiger partial charge in [-0.3, -0.25) is 9.88 Å². The molecule has 0 unspecified atom stereocenters. The molecule has 0 N–H and O–H groups in total. The monoisotopic (exact) mass is 313 g/mol. The summed E-state index contributed by atoms with van der Waals surface area (Å²) in [6.07, 6.45) is 1.75. The van der Waals surface area contributed by atoms with E-state index in [0.717, 1.165) is 22.5 Å². The normalized spacial score (nSPS) is 10.3. The summed E-state index contributed by atoms with van der Waals surface area (Å²) in [5.41, 5.74) is 4.52. The molecule has 0 bridgehead atoms. The van der Waals surface area contributed by atoms with Crippen LogP contribution >= 0.6 is 0 Å². The SMILES string of the molecule is CN(C)CC#Cc1cnc(-c2ccccc2)c(-c2ccccc2)n1. The minimum absolute atomic E-state index is 0.690. The molecule has 118 valence electrons. The first-order valence-corrected chi connectivity index (χ1v) is 7.85. The lowest BCUT2D eigenvalue weighted by Gasteiger charge is -2.09. The Hall–Kier alpha value is -2.96. The third kappa shape index (κ3) is 3.87. The van der Waals surface area contributed by atoms with E-state index in [1.165, 1.54) is 0 Å². The highest BCUT2D eigenvalue weighted by Gasteiger charge is 2.11. The van der Waals surface area contributed by atoms with Crippen LogP contribution in [0.3, 0.4) is 0 Å². The van der Waals surface area contributed by atoms with Crippen LogP contribution in [0.4, 0.5) is 0 Å². The molecule has 0 aliphatic rings. The fourth-order valence-electron chi connectivity index (χ4n) is 2.34. The van der Waals surface area contributed by atoms with E-state index < -0.39 is 0 Å². The molecule has 24 heavy (non-hydrogen) atoms. The lowest BCUT2D eigenvalue weighted by atomic mass is 10.0. The van der Waals surface area contributed by atoms with Gasteiger partial charge in [-0.25, -0.2) is 4.98 Å². The summed E-state index contributed by atoms with van der Waals surface area (Å²) in [7, 11) is 3.99. The molecule has 1 aromatic heterocycles. The highest BCUT2D eigenvalue weighted by atomic mass is 15.0. The fraction of sp³-hybridized carbons (Fsp3) is 0.143. The molecule has 0 aliphatic heterocycles. The maximum absolute atomic E-state index is 4.76. The second kappa shape index (κ2) is 7.54. The van der Waals surface area contributed by atoms with Gasteiger partial charge in [-0.05, 0) is 20.0 Å². The summed E-state index contributed by atoms with van der Waals surface area (Å²) >= 11 is 0. The van der Waals surface area contributed by atoms with Crippen LogP contribution in [0.25, 0.3) is 22.5 Å². The molecule has 0 fully saturated rings. The highest BCUT2D eigenvalue weighted by Crippen LogP contribution is 2.28. The molecule has 1 heterocycles. The topological polar surface area (TPSA) is 29.0 Å². The molecule has 0 saturated heterocycles. The Morgan fingerprint density at radius 1 is 0.833 bits per heavy atom. The van der Waals surface area contributed by atoms with Crippen molar-refractivity contribution in [3.05, 3.63) is 72.6 Å². The summed E-state index contributed by atoms with van der Waals surface area (Å²) in [5, 5.41) is 0. The first-order chi connectivity index (χ1) is 11.7. The molecule has 3 aromatic rings. The Morgan fingerprint density at radius 3 is 2.00 bits per heavy atom. The van der Waals surface area contributed by atoms with Gasteiger partial charge in [0.15, 0.2) is 0 Å². The van der Waals surface area contributed by atoms with Crippen molar-refractivity contribution >= 4 is 0 Å². The van der Waals surface area contributed by atoms with E-state index in [1.54, 1.807) is 6.20 Å². The van der Waals surface area contributed by atoms with Crippen molar-refractivity contribution in [1.82, 2.24) is 14.9 Å². The first kappa shape index (κ1) is 15.9. The third-order valence-corrected chi connectivity index (χ3v) is 3.48. The van der Waals surface area contributed by atoms with Crippen LogP contribution in [0.15, 0.2) is 66.9 Å². The second-order valence-electron chi connectivity index (χ2n) is 5.72. The van der Waals surface area contributed by atoms with Crippen LogP contribution in [0, 0.1) is 11.8 Å². The van der Waals surface area contributed by atoms with Crippen molar-refractivity contribution in [2.75, 3.05) is 20.6 Å². The zero-order chi connectivity index (χ0) is 16.8. The Balaban J connectivity index is 2.08. The maximum Gasteiger partial charge on any atom is 0.132 e. The first-order valence-electron chi connectivity index (χ1n) is 7.85. The number of hydrogen-bond donors (Lipinski definition) is 0. The van der Waals surface area contributed by atoms with Gasteiger partial charge in [0, 0.05) is 11.1 Å². The van der Waals surface area contributed by atoms with Crippen molar-refractivity contribution in [1.29, 1.82) is 0 Å². The Morgan fingerprint density at radius 2 is 1.42 bits per heavy atom. The Labute approximate surface area is 143 Å². The summed E-state index contributed by atoms with van der Waals surface area (Å²) in [4.78, 5) is 11.4. The summed E-state index contributed by atoms with van der Waals surface area (Å²) in [6.45, 7) is 0.697. The number of benzene rings is 2. The zero-order valence-corrected chi connectivity index (χ0v) is 13.9. The number of hydrogen-bond acceptors (Lipinski definition) is 3. The van der Waals surface area contributed by atoms with E-state index in [9.17, 15) is 0 Å². The molecule has 0 spiro atoms. The maximum atomic E-state index is 4.76. The standard InChI is InChI=1S/C21H19N3/c1-24(2)15-9-14-19-16-22-20(17-10-5-3-6-11-17)21(23-19)18-12-7-4-8-13-18/h3-8,10-13,16H,15H2,1-2H3. The van der Waals surface area contributed by atoms with Crippen molar-refractivity contribution in [2.45, 2.75) is 0 Å². The number of rotatable bonds is 3. The van der Waals surface area contributed by atoms with Crippen LogP contribution in [-0.2, 0) is 0 Å². The van der Waals surface area contributed by atoms with Crippen molar-refractivity contribution < 1.29 is 0 Å². The van der Waals surface area contributed by atoms with E-state index in [2.05, 4.69) is 16.8 Å². The number of nitrogens with zero attached hydrogens (tertiary/aromatic N) is 3. The third-order valence-electron chi connectivity index (χ3n) is 3.48. The molecule has 2 aromatic carbocycles. The Kier molecular flexibility index (Phi) is 5.00. The number of aromatic nitrogens is 2. The average molecular weight is 313 g/mol. The minimum Gasteiger partial charge on any atom is -0.299 e. The van der Waals surface area contributed by atoms with Crippen LogP contribution < -0.4 is 0 Å². The molecular weight excluding hydrogens is 294 g/mol. The minimum atomic E-state index is 0.690. The van der Waals surface area contributed by atoms with E-state index in [4.69, 9.17) is 4.98 Å². The summed E-state index contributed by atoms with van der Waals surface area (Å²) in [6, 6.07) is 20.2. The predicted octanol–water partition coefficient (Wildman–Crippen LogP) is 3.72. The van der Waals surface area contributed by atoms with Crippen LogP contribution in [-0.4, -0.2) is 35.5 Å². The van der Waals surface area contributed by atoms with Gasteiger partial charge >= 0.3 is 0 Å². The average Bonchev–Trinajstić information content (AvgIpc) is 2.63. The van der Waals surface area contributed by atoms with E-state index in [1.807, 2.05) is 79.7 Å². The van der Waals surface area contributed by atoms with Gasteiger partial charge in [0.1, 0.15) is 5.69 Å². The van der Waals surface area contributed by atoms with Crippen molar-refractivity contribution in [3.63, 3.8) is 0 Å². The van der Waals surface area contributed by atoms with Gasteiger partial charge in [0.25, 0.3) is 0 Å². The van der Waals surface area contributed by atoms with Gasteiger partial charge in [-0.2, -0.15) is 0 Å². The lowest BCUT2D eigenvalue weighted by Crippen LogP contribution is -2.10. The Bertz CT molecular complexity index is 860. The molecular formula is C21H19N3. The lowest BCUT2D eigenvalue weighted by molar-refractivity contribution is 0.464.